The second-order valence-corrected chi connectivity index (χ2v) is 3.61. The molecule has 16 heavy (non-hydrogen) atoms. The highest BCUT2D eigenvalue weighted by molar-refractivity contribution is 6.08. The molecule has 0 amide bonds. The van der Waals surface area contributed by atoms with Gasteiger partial charge in [-0.25, -0.2) is 4.79 Å². The standard InChI is InChI=1S/C12H8N2O2/c15-12(16)7-1-2-8-9-3-4-13-6-11(9)14-10(8)5-7/h1-6,14H,(H,15,16). The molecule has 0 aliphatic heterocycles. The minimum Gasteiger partial charge on any atom is -0.478 e. The molecule has 2 heterocycles. The van der Waals surface area contributed by atoms with Crippen LogP contribution in [0.15, 0.2) is 36.7 Å². The van der Waals surface area contributed by atoms with Gasteiger partial charge in [-0.05, 0) is 18.2 Å². The average Bonchev–Trinajstić information content (AvgIpc) is 2.66. The molecule has 3 rings (SSSR count). The minimum atomic E-state index is -0.918. The van der Waals surface area contributed by atoms with E-state index in [2.05, 4.69) is 9.97 Å². The Balaban J connectivity index is 2.41. The number of aromatic carboxylic acids is 1. The summed E-state index contributed by atoms with van der Waals surface area (Å²) in [6, 6.07) is 6.97. The molecule has 1 aromatic carbocycles. The molecular formula is C12H8N2O2. The topological polar surface area (TPSA) is 66.0 Å². The summed E-state index contributed by atoms with van der Waals surface area (Å²) in [5.74, 6) is -0.918. The van der Waals surface area contributed by atoms with Crippen molar-refractivity contribution < 1.29 is 9.90 Å². The number of benzene rings is 1. The van der Waals surface area contributed by atoms with Gasteiger partial charge in [-0.2, -0.15) is 0 Å². The van der Waals surface area contributed by atoms with Gasteiger partial charge < -0.3 is 10.1 Å². The van der Waals surface area contributed by atoms with E-state index in [0.29, 0.717) is 0 Å². The lowest BCUT2D eigenvalue weighted by atomic mass is 10.1. The third kappa shape index (κ3) is 1.16. The van der Waals surface area contributed by atoms with Crippen LogP contribution in [0.5, 0.6) is 0 Å². The maximum absolute atomic E-state index is 10.8. The highest BCUT2D eigenvalue weighted by Crippen LogP contribution is 2.25. The molecule has 78 valence electrons. The first kappa shape index (κ1) is 8.91. The van der Waals surface area contributed by atoms with Crippen LogP contribution in [0.1, 0.15) is 10.4 Å². The number of carbonyl (C=O) groups is 1. The fourth-order valence-corrected chi connectivity index (χ4v) is 1.89. The van der Waals surface area contributed by atoms with Gasteiger partial charge in [-0.15, -0.1) is 0 Å². The van der Waals surface area contributed by atoms with Crippen molar-refractivity contribution in [1.29, 1.82) is 0 Å². The predicted molar refractivity (Wildman–Crippen MR) is 60.6 cm³/mol. The quantitative estimate of drug-likeness (QED) is 0.651. The van der Waals surface area contributed by atoms with Gasteiger partial charge in [0.1, 0.15) is 0 Å². The number of hydrogen-bond donors (Lipinski definition) is 2. The normalized spacial score (nSPS) is 11.0. The van der Waals surface area contributed by atoms with Crippen LogP contribution in [0.25, 0.3) is 21.8 Å². The van der Waals surface area contributed by atoms with Gasteiger partial charge in [-0.3, -0.25) is 4.98 Å². The van der Waals surface area contributed by atoms with E-state index in [1.54, 1.807) is 24.5 Å². The first-order valence-electron chi connectivity index (χ1n) is 4.84. The van der Waals surface area contributed by atoms with Gasteiger partial charge in [0, 0.05) is 22.5 Å². The fourth-order valence-electron chi connectivity index (χ4n) is 1.89. The molecule has 0 radical (unpaired) electrons. The van der Waals surface area contributed by atoms with Gasteiger partial charge in [-0.1, -0.05) is 6.07 Å². The van der Waals surface area contributed by atoms with E-state index in [1.807, 2.05) is 12.1 Å². The van der Waals surface area contributed by atoms with E-state index in [1.165, 1.54) is 0 Å². The van der Waals surface area contributed by atoms with Crippen molar-refractivity contribution in [1.82, 2.24) is 9.97 Å². The smallest absolute Gasteiger partial charge is 0.335 e. The Morgan fingerprint density at radius 2 is 2.00 bits per heavy atom. The SMILES string of the molecule is O=C(O)c1ccc2c(c1)[nH]c1cnccc12. The lowest BCUT2D eigenvalue weighted by Crippen LogP contribution is -1.94. The summed E-state index contributed by atoms with van der Waals surface area (Å²) in [5.41, 5.74) is 2.02. The molecule has 0 saturated heterocycles. The van der Waals surface area contributed by atoms with Crippen LogP contribution < -0.4 is 0 Å². The third-order valence-corrected chi connectivity index (χ3v) is 2.65. The molecule has 0 aliphatic rings. The van der Waals surface area contributed by atoms with Gasteiger partial charge in [0.05, 0.1) is 17.3 Å². The summed E-state index contributed by atoms with van der Waals surface area (Å²) in [6.45, 7) is 0. The Morgan fingerprint density at radius 3 is 2.81 bits per heavy atom. The minimum absolute atomic E-state index is 0.284. The van der Waals surface area contributed by atoms with Crippen molar-refractivity contribution in [3.63, 3.8) is 0 Å². The highest BCUT2D eigenvalue weighted by Gasteiger charge is 2.07. The van der Waals surface area contributed by atoms with Crippen LogP contribution in [0.4, 0.5) is 0 Å². The first-order valence-corrected chi connectivity index (χ1v) is 4.84. The second kappa shape index (κ2) is 3.06. The molecule has 2 N–H and O–H groups in total. The number of H-pyrrole nitrogens is 1. The molecule has 0 aliphatic carbocycles. The number of aromatic amines is 1. The molecule has 4 heteroatoms. The van der Waals surface area contributed by atoms with Gasteiger partial charge >= 0.3 is 5.97 Å². The number of rotatable bonds is 1. The van der Waals surface area contributed by atoms with Gasteiger partial charge in [0.15, 0.2) is 0 Å². The molecule has 0 bridgehead atoms. The van der Waals surface area contributed by atoms with Gasteiger partial charge in [0.2, 0.25) is 0 Å². The maximum atomic E-state index is 10.8. The van der Waals surface area contributed by atoms with Crippen molar-refractivity contribution in [2.75, 3.05) is 0 Å². The number of aromatic nitrogens is 2. The Labute approximate surface area is 90.5 Å². The first-order chi connectivity index (χ1) is 7.75. The van der Waals surface area contributed by atoms with Crippen LogP contribution >= 0.6 is 0 Å². The molecule has 3 aromatic rings. The van der Waals surface area contributed by atoms with Crippen molar-refractivity contribution in [2.24, 2.45) is 0 Å². The molecular weight excluding hydrogens is 204 g/mol. The number of fused-ring (bicyclic) bond motifs is 3. The Morgan fingerprint density at radius 1 is 1.19 bits per heavy atom. The Kier molecular flexibility index (Phi) is 1.71. The van der Waals surface area contributed by atoms with Crippen LogP contribution in [0.2, 0.25) is 0 Å². The van der Waals surface area contributed by atoms with E-state index in [0.717, 1.165) is 21.8 Å². The summed E-state index contributed by atoms with van der Waals surface area (Å²) in [5, 5.41) is 11.0. The second-order valence-electron chi connectivity index (χ2n) is 3.61. The van der Waals surface area contributed by atoms with Crippen LogP contribution in [-0.2, 0) is 0 Å². The zero-order valence-electron chi connectivity index (χ0n) is 8.27. The molecule has 0 saturated carbocycles. The maximum Gasteiger partial charge on any atom is 0.335 e. The summed E-state index contributed by atoms with van der Waals surface area (Å²) >= 11 is 0. The molecule has 0 fully saturated rings. The Bertz CT molecular complexity index is 700. The molecule has 4 nitrogen and oxygen atoms in total. The largest absolute Gasteiger partial charge is 0.478 e. The summed E-state index contributed by atoms with van der Waals surface area (Å²) in [7, 11) is 0. The van der Waals surface area contributed by atoms with Crippen molar-refractivity contribution in [3.8, 4) is 0 Å². The predicted octanol–water partition coefficient (Wildman–Crippen LogP) is 2.41. The third-order valence-electron chi connectivity index (χ3n) is 2.65. The number of pyridine rings is 1. The summed E-state index contributed by atoms with van der Waals surface area (Å²) in [6.07, 6.45) is 3.45. The molecule has 0 unspecified atom stereocenters. The zero-order chi connectivity index (χ0) is 11.1. The average molecular weight is 212 g/mol. The molecule has 2 aromatic heterocycles. The van der Waals surface area contributed by atoms with Gasteiger partial charge in [0.25, 0.3) is 0 Å². The van der Waals surface area contributed by atoms with Crippen molar-refractivity contribution >= 4 is 27.8 Å². The van der Waals surface area contributed by atoms with E-state index in [9.17, 15) is 4.79 Å². The number of nitrogens with zero attached hydrogens (tertiary/aromatic N) is 1. The van der Waals surface area contributed by atoms with E-state index >= 15 is 0 Å². The highest BCUT2D eigenvalue weighted by atomic mass is 16.4. The monoisotopic (exact) mass is 212 g/mol. The zero-order valence-corrected chi connectivity index (χ0v) is 8.27. The van der Waals surface area contributed by atoms with E-state index in [-0.39, 0.29) is 5.56 Å². The summed E-state index contributed by atoms with van der Waals surface area (Å²) < 4.78 is 0. The summed E-state index contributed by atoms with van der Waals surface area (Å²) in [4.78, 5) is 18.0. The molecule has 0 atom stereocenters. The number of carboxylic acid groups (broad SMARTS) is 1. The van der Waals surface area contributed by atoms with Crippen molar-refractivity contribution in [2.45, 2.75) is 0 Å². The van der Waals surface area contributed by atoms with E-state index < -0.39 is 5.97 Å². The Hall–Kier alpha value is -2.36. The van der Waals surface area contributed by atoms with Crippen LogP contribution in [0, 0.1) is 0 Å². The molecule has 0 spiro atoms. The van der Waals surface area contributed by atoms with Crippen molar-refractivity contribution in [3.05, 3.63) is 42.2 Å². The lowest BCUT2D eigenvalue weighted by molar-refractivity contribution is 0.0697. The lowest BCUT2D eigenvalue weighted by Gasteiger charge is -1.94. The number of hydrogen-bond acceptors (Lipinski definition) is 2. The fraction of sp³-hybridized carbons (Fsp3) is 0. The number of nitrogens with one attached hydrogen (secondary N) is 1. The van der Waals surface area contributed by atoms with E-state index in [4.69, 9.17) is 5.11 Å². The van der Waals surface area contributed by atoms with Crippen LogP contribution in [-0.4, -0.2) is 21.0 Å². The number of carboxylic acids is 1. The van der Waals surface area contributed by atoms with Crippen LogP contribution in [0.3, 0.4) is 0 Å².